The summed E-state index contributed by atoms with van der Waals surface area (Å²) in [7, 11) is 0. The van der Waals surface area contributed by atoms with Crippen LogP contribution in [0.25, 0.3) is 0 Å². The lowest BCUT2D eigenvalue weighted by Crippen LogP contribution is -2.53. The van der Waals surface area contributed by atoms with Gasteiger partial charge in [0.1, 0.15) is 18.2 Å². The third kappa shape index (κ3) is 5.95. The summed E-state index contributed by atoms with van der Waals surface area (Å²) in [5.74, 6) is 1.60. The molecule has 0 unspecified atom stereocenters. The fourth-order valence-electron chi connectivity index (χ4n) is 5.39. The van der Waals surface area contributed by atoms with Crippen molar-refractivity contribution in [3.8, 4) is 5.75 Å². The first kappa shape index (κ1) is 25.0. The summed E-state index contributed by atoms with van der Waals surface area (Å²) < 4.78 is 6.22. The van der Waals surface area contributed by atoms with Crippen LogP contribution < -0.4 is 15.8 Å². The number of para-hydroxylation sites is 1. The Bertz CT molecular complexity index is 1030. The van der Waals surface area contributed by atoms with E-state index in [4.69, 9.17) is 10.5 Å². The molecule has 2 amide bonds. The number of carbonyl (C=O) groups is 2. The van der Waals surface area contributed by atoms with Gasteiger partial charge >= 0.3 is 0 Å². The summed E-state index contributed by atoms with van der Waals surface area (Å²) in [6.07, 6.45) is 7.46. The van der Waals surface area contributed by atoms with E-state index in [1.165, 1.54) is 5.56 Å². The highest BCUT2D eigenvalue weighted by atomic mass is 16.5. The van der Waals surface area contributed by atoms with Gasteiger partial charge in [-0.05, 0) is 68.2 Å². The summed E-state index contributed by atoms with van der Waals surface area (Å²) in [6.45, 7) is 5.87. The molecule has 7 nitrogen and oxygen atoms in total. The number of benzene rings is 1. The quantitative estimate of drug-likeness (QED) is 0.688. The molecule has 7 heteroatoms. The summed E-state index contributed by atoms with van der Waals surface area (Å²) in [4.78, 5) is 32.7. The number of aromatic nitrogens is 1. The molecule has 2 aliphatic rings. The molecular formula is C28H38N4O3. The van der Waals surface area contributed by atoms with Crippen molar-refractivity contribution in [2.45, 2.75) is 64.8 Å². The zero-order chi connectivity index (χ0) is 24.8. The molecule has 2 aromatic rings. The summed E-state index contributed by atoms with van der Waals surface area (Å²) in [5, 5.41) is 3.35. The molecule has 1 spiro atoms. The van der Waals surface area contributed by atoms with Gasteiger partial charge in [0.15, 0.2) is 0 Å². The van der Waals surface area contributed by atoms with Gasteiger partial charge in [0.05, 0.1) is 17.0 Å². The summed E-state index contributed by atoms with van der Waals surface area (Å²) in [5.41, 5.74) is 7.13. The number of fused-ring (bicyclic) bond motifs is 1. The third-order valence-corrected chi connectivity index (χ3v) is 7.41. The average molecular weight is 479 g/mol. The monoisotopic (exact) mass is 478 g/mol. The maximum Gasteiger partial charge on any atom is 0.257 e. The van der Waals surface area contributed by atoms with Gasteiger partial charge in [-0.3, -0.25) is 9.59 Å². The molecule has 1 aromatic carbocycles. The van der Waals surface area contributed by atoms with Crippen LogP contribution in [0.3, 0.4) is 0 Å². The molecule has 4 rings (SSSR count). The van der Waals surface area contributed by atoms with Crippen molar-refractivity contribution in [3.63, 3.8) is 0 Å². The fourth-order valence-corrected chi connectivity index (χ4v) is 5.39. The predicted octanol–water partition coefficient (Wildman–Crippen LogP) is 4.22. The number of nitrogens with two attached hydrogens (primary N) is 1. The predicted molar refractivity (Wildman–Crippen MR) is 137 cm³/mol. The van der Waals surface area contributed by atoms with Gasteiger partial charge < -0.3 is 20.7 Å². The largest absolute Gasteiger partial charge is 0.491 e. The number of nitrogens with zero attached hydrogens (tertiary/aromatic N) is 2. The molecular weight excluding hydrogens is 440 g/mol. The molecule has 1 atom stereocenters. The van der Waals surface area contributed by atoms with Gasteiger partial charge in [0.2, 0.25) is 5.91 Å². The van der Waals surface area contributed by atoms with E-state index < -0.39 is 5.41 Å². The first-order valence-corrected chi connectivity index (χ1v) is 12.9. The molecule has 0 aliphatic carbocycles. The number of hydrogen-bond acceptors (Lipinski definition) is 5. The van der Waals surface area contributed by atoms with E-state index in [1.54, 1.807) is 18.3 Å². The molecule has 0 saturated carbocycles. The average Bonchev–Trinajstić information content (AvgIpc) is 2.85. The number of amides is 2. The van der Waals surface area contributed by atoms with Crippen LogP contribution in [0.5, 0.6) is 5.75 Å². The smallest absolute Gasteiger partial charge is 0.257 e. The maximum absolute atomic E-state index is 13.7. The Kier molecular flexibility index (Phi) is 7.93. The van der Waals surface area contributed by atoms with E-state index >= 15 is 0 Å². The molecule has 35 heavy (non-hydrogen) atoms. The van der Waals surface area contributed by atoms with E-state index in [0.29, 0.717) is 44.0 Å². The first-order chi connectivity index (χ1) is 16.9. The maximum atomic E-state index is 13.7. The molecule has 1 aromatic heterocycles. The number of carbonyl (C=O) groups excluding carboxylic acids is 2. The number of anilines is 1. The van der Waals surface area contributed by atoms with Gasteiger partial charge in [-0.15, -0.1) is 0 Å². The summed E-state index contributed by atoms with van der Waals surface area (Å²) in [6, 6.07) is 11.6. The van der Waals surface area contributed by atoms with E-state index in [1.807, 2.05) is 17.0 Å². The van der Waals surface area contributed by atoms with E-state index in [-0.39, 0.29) is 23.7 Å². The van der Waals surface area contributed by atoms with Gasteiger partial charge in [-0.1, -0.05) is 38.5 Å². The lowest BCUT2D eigenvalue weighted by molar-refractivity contribution is -0.135. The van der Waals surface area contributed by atoms with Crippen LogP contribution in [0.2, 0.25) is 0 Å². The molecule has 0 bridgehead atoms. The van der Waals surface area contributed by atoms with Crippen molar-refractivity contribution >= 4 is 17.6 Å². The second-order valence-electron chi connectivity index (χ2n) is 10.4. The van der Waals surface area contributed by atoms with Crippen molar-refractivity contribution in [1.82, 2.24) is 15.2 Å². The lowest BCUT2D eigenvalue weighted by atomic mass is 9.73. The minimum Gasteiger partial charge on any atom is -0.491 e. The van der Waals surface area contributed by atoms with E-state index in [2.05, 4.69) is 36.3 Å². The fraction of sp³-hybridized carbons (Fsp3) is 0.536. The number of likely N-dealkylation sites (tertiary alicyclic amines) is 1. The first-order valence-electron chi connectivity index (χ1n) is 12.9. The van der Waals surface area contributed by atoms with Crippen LogP contribution in [0.4, 0.5) is 5.82 Å². The second-order valence-corrected chi connectivity index (χ2v) is 10.4. The van der Waals surface area contributed by atoms with Gasteiger partial charge in [0, 0.05) is 19.3 Å². The van der Waals surface area contributed by atoms with Crippen LogP contribution in [0.15, 0.2) is 42.6 Å². The Labute approximate surface area is 208 Å². The molecule has 1 saturated heterocycles. The van der Waals surface area contributed by atoms with Crippen LogP contribution in [-0.4, -0.2) is 47.4 Å². The van der Waals surface area contributed by atoms with Gasteiger partial charge in [-0.2, -0.15) is 0 Å². The van der Waals surface area contributed by atoms with Crippen molar-refractivity contribution in [2.24, 2.45) is 11.3 Å². The Morgan fingerprint density at radius 1 is 1.17 bits per heavy atom. The van der Waals surface area contributed by atoms with E-state index in [0.717, 1.165) is 37.9 Å². The van der Waals surface area contributed by atoms with Gasteiger partial charge in [-0.25, -0.2) is 4.98 Å². The second kappa shape index (κ2) is 11.1. The number of rotatable bonds is 3. The highest BCUT2D eigenvalue weighted by Crippen LogP contribution is 2.38. The number of aryl methyl sites for hydroxylation is 1. The van der Waals surface area contributed by atoms with Gasteiger partial charge in [0.25, 0.3) is 5.91 Å². The lowest BCUT2D eigenvalue weighted by Gasteiger charge is -2.42. The minimum absolute atomic E-state index is 0.0540. The van der Waals surface area contributed by atoms with Crippen LogP contribution >= 0.6 is 0 Å². The minimum atomic E-state index is -0.467. The van der Waals surface area contributed by atoms with Crippen LogP contribution in [0.1, 0.15) is 68.3 Å². The molecule has 0 radical (unpaired) electrons. The standard InChI is InChI=1S/C28H38N4O3/c1-20(2)18-22-19-35-24-11-4-3-8-21(24)9-5-6-12-28(27(34)31-22)13-16-32(17-14-28)26(33)23-10-7-15-30-25(23)29/h3-4,7-8,10-11,15,20,22H,5-6,9,12-14,16-19H2,1-2H3,(H2,29,30)(H,31,34)/t22-/m0/s1. The Morgan fingerprint density at radius 3 is 2.69 bits per heavy atom. The SMILES string of the molecule is CC(C)C[C@H]1COc2ccccc2CCCCC2(CCN(C(=O)c3cccnc3N)CC2)C(=O)N1. The molecule has 2 aliphatic heterocycles. The van der Waals surface area contributed by atoms with Crippen molar-refractivity contribution in [3.05, 3.63) is 53.7 Å². The molecule has 3 heterocycles. The van der Waals surface area contributed by atoms with Crippen molar-refractivity contribution in [1.29, 1.82) is 0 Å². The number of ether oxygens (including phenoxy) is 1. The number of piperidine rings is 1. The molecule has 3 N–H and O–H groups in total. The Balaban J connectivity index is 1.50. The third-order valence-electron chi connectivity index (χ3n) is 7.41. The Hall–Kier alpha value is -3.09. The van der Waals surface area contributed by atoms with E-state index in [9.17, 15) is 9.59 Å². The number of nitrogens with one attached hydrogen (secondary N) is 1. The zero-order valence-corrected chi connectivity index (χ0v) is 21.0. The van der Waals surface area contributed by atoms with Crippen molar-refractivity contribution < 1.29 is 14.3 Å². The number of hydrogen-bond donors (Lipinski definition) is 2. The van der Waals surface area contributed by atoms with Crippen molar-refractivity contribution in [2.75, 3.05) is 25.4 Å². The zero-order valence-electron chi connectivity index (χ0n) is 21.0. The number of nitrogen functional groups attached to an aromatic ring is 1. The molecule has 1 fully saturated rings. The topological polar surface area (TPSA) is 97.6 Å². The van der Waals surface area contributed by atoms with Crippen LogP contribution in [0, 0.1) is 11.3 Å². The van der Waals surface area contributed by atoms with Crippen LogP contribution in [-0.2, 0) is 11.2 Å². The highest BCUT2D eigenvalue weighted by molar-refractivity contribution is 5.98. The molecule has 188 valence electrons. The highest BCUT2D eigenvalue weighted by Gasteiger charge is 2.42. The summed E-state index contributed by atoms with van der Waals surface area (Å²) >= 11 is 0. The number of pyridine rings is 1. The normalized spacial score (nSPS) is 20.8. The Morgan fingerprint density at radius 2 is 1.94 bits per heavy atom.